The summed E-state index contributed by atoms with van der Waals surface area (Å²) in [6.07, 6.45) is 2.49. The average Bonchev–Trinajstić information content (AvgIpc) is 3.34. The van der Waals surface area contributed by atoms with Crippen molar-refractivity contribution in [1.82, 2.24) is 15.5 Å². The van der Waals surface area contributed by atoms with E-state index in [0.717, 1.165) is 36.9 Å². The van der Waals surface area contributed by atoms with Crippen LogP contribution in [-0.4, -0.2) is 58.3 Å². The van der Waals surface area contributed by atoms with Gasteiger partial charge in [0.1, 0.15) is 5.75 Å². The number of methoxy groups -OCH3 is 2. The quantitative estimate of drug-likeness (QED) is 0.490. The van der Waals surface area contributed by atoms with Gasteiger partial charge in [-0.15, -0.1) is 0 Å². The first-order valence-corrected chi connectivity index (χ1v) is 10.7. The molecule has 2 aromatic rings. The molecule has 1 aliphatic rings. The Morgan fingerprint density at radius 1 is 0.933 bits per heavy atom. The van der Waals surface area contributed by atoms with Crippen molar-refractivity contribution in [3.8, 4) is 5.75 Å². The van der Waals surface area contributed by atoms with Gasteiger partial charge in [0, 0.05) is 27.2 Å². The molecule has 2 aromatic carbocycles. The van der Waals surface area contributed by atoms with Crippen LogP contribution < -0.4 is 15.4 Å². The molecule has 0 bridgehead atoms. The first-order chi connectivity index (χ1) is 14.7. The van der Waals surface area contributed by atoms with E-state index in [4.69, 9.17) is 9.47 Å². The lowest BCUT2D eigenvalue weighted by Gasteiger charge is -2.29. The van der Waals surface area contributed by atoms with Crippen LogP contribution in [0.15, 0.2) is 59.6 Å². The molecule has 6 heteroatoms. The molecule has 2 N–H and O–H groups in total. The molecule has 1 aliphatic heterocycles. The Balaban J connectivity index is 1.61. The van der Waals surface area contributed by atoms with Crippen molar-refractivity contribution in [2.75, 3.05) is 47.4 Å². The molecule has 1 heterocycles. The van der Waals surface area contributed by atoms with E-state index in [0.29, 0.717) is 12.6 Å². The molecule has 0 aliphatic carbocycles. The number of guanidine groups is 1. The van der Waals surface area contributed by atoms with Crippen molar-refractivity contribution < 1.29 is 9.47 Å². The number of benzene rings is 2. The Labute approximate surface area is 180 Å². The van der Waals surface area contributed by atoms with Crippen molar-refractivity contribution >= 4 is 5.96 Å². The van der Waals surface area contributed by atoms with E-state index >= 15 is 0 Å². The van der Waals surface area contributed by atoms with Gasteiger partial charge < -0.3 is 20.1 Å². The number of aliphatic imine (C=N–C) groups is 1. The molecule has 30 heavy (non-hydrogen) atoms. The molecular formula is C24H34N4O2. The zero-order valence-electron chi connectivity index (χ0n) is 18.3. The fraction of sp³-hybridized carbons (Fsp3) is 0.458. The SMILES string of the molecule is CN=C(NCC(OC)c1ccccc1)NCC(c1ccc(OC)cc1)N1CCCC1. The van der Waals surface area contributed by atoms with Crippen LogP contribution >= 0.6 is 0 Å². The number of rotatable bonds is 9. The van der Waals surface area contributed by atoms with Gasteiger partial charge in [0.05, 0.1) is 19.3 Å². The molecule has 2 atom stereocenters. The van der Waals surface area contributed by atoms with Crippen LogP contribution in [0.2, 0.25) is 0 Å². The maximum Gasteiger partial charge on any atom is 0.191 e. The molecule has 0 saturated carbocycles. The Bertz CT molecular complexity index is 774. The number of hydrogen-bond acceptors (Lipinski definition) is 4. The van der Waals surface area contributed by atoms with Crippen LogP contribution in [0, 0.1) is 0 Å². The third kappa shape index (κ3) is 5.97. The molecule has 0 spiro atoms. The Morgan fingerprint density at radius 3 is 2.20 bits per heavy atom. The number of hydrogen-bond donors (Lipinski definition) is 2. The third-order valence-electron chi connectivity index (χ3n) is 5.68. The average molecular weight is 411 g/mol. The Hall–Kier alpha value is -2.57. The highest BCUT2D eigenvalue weighted by Gasteiger charge is 2.24. The van der Waals surface area contributed by atoms with E-state index in [1.54, 1.807) is 21.3 Å². The van der Waals surface area contributed by atoms with Crippen molar-refractivity contribution in [3.05, 3.63) is 65.7 Å². The van der Waals surface area contributed by atoms with Crippen LogP contribution in [0.25, 0.3) is 0 Å². The van der Waals surface area contributed by atoms with Gasteiger partial charge in [0.15, 0.2) is 5.96 Å². The second-order valence-electron chi connectivity index (χ2n) is 7.50. The van der Waals surface area contributed by atoms with Gasteiger partial charge in [0.2, 0.25) is 0 Å². The zero-order valence-corrected chi connectivity index (χ0v) is 18.3. The van der Waals surface area contributed by atoms with Crippen LogP contribution in [0.4, 0.5) is 0 Å². The summed E-state index contributed by atoms with van der Waals surface area (Å²) in [6, 6.07) is 18.9. The third-order valence-corrected chi connectivity index (χ3v) is 5.68. The minimum absolute atomic E-state index is 0.0271. The zero-order chi connectivity index (χ0) is 21.2. The van der Waals surface area contributed by atoms with Crippen LogP contribution in [-0.2, 0) is 4.74 Å². The minimum atomic E-state index is -0.0271. The Kier molecular flexibility index (Phi) is 8.53. The van der Waals surface area contributed by atoms with Crippen molar-refractivity contribution in [3.63, 3.8) is 0 Å². The first-order valence-electron chi connectivity index (χ1n) is 10.7. The van der Waals surface area contributed by atoms with Crippen LogP contribution in [0.5, 0.6) is 5.75 Å². The lowest BCUT2D eigenvalue weighted by molar-refractivity contribution is 0.106. The molecule has 0 amide bonds. The van der Waals surface area contributed by atoms with Gasteiger partial charge in [-0.1, -0.05) is 42.5 Å². The van der Waals surface area contributed by atoms with Gasteiger partial charge in [-0.25, -0.2) is 0 Å². The van der Waals surface area contributed by atoms with Crippen molar-refractivity contribution in [2.45, 2.75) is 25.0 Å². The van der Waals surface area contributed by atoms with Gasteiger partial charge in [-0.05, 0) is 49.2 Å². The second-order valence-corrected chi connectivity index (χ2v) is 7.50. The lowest BCUT2D eigenvalue weighted by atomic mass is 10.1. The molecule has 6 nitrogen and oxygen atoms in total. The molecule has 0 radical (unpaired) electrons. The monoisotopic (exact) mass is 410 g/mol. The van der Waals surface area contributed by atoms with Crippen LogP contribution in [0.1, 0.15) is 36.1 Å². The van der Waals surface area contributed by atoms with E-state index in [-0.39, 0.29) is 6.10 Å². The summed E-state index contributed by atoms with van der Waals surface area (Å²) >= 11 is 0. The van der Waals surface area contributed by atoms with Gasteiger partial charge in [-0.3, -0.25) is 9.89 Å². The van der Waals surface area contributed by atoms with E-state index < -0.39 is 0 Å². The molecule has 2 unspecified atom stereocenters. The van der Waals surface area contributed by atoms with E-state index in [1.807, 2.05) is 30.3 Å². The van der Waals surface area contributed by atoms with Gasteiger partial charge >= 0.3 is 0 Å². The lowest BCUT2D eigenvalue weighted by Crippen LogP contribution is -2.43. The van der Waals surface area contributed by atoms with Gasteiger partial charge in [0.25, 0.3) is 0 Å². The summed E-state index contributed by atoms with van der Waals surface area (Å²) in [5.41, 5.74) is 2.44. The van der Waals surface area contributed by atoms with Crippen molar-refractivity contribution in [1.29, 1.82) is 0 Å². The predicted molar refractivity (Wildman–Crippen MR) is 122 cm³/mol. The fourth-order valence-corrected chi connectivity index (χ4v) is 3.95. The highest BCUT2D eigenvalue weighted by atomic mass is 16.5. The molecule has 1 saturated heterocycles. The molecule has 162 valence electrons. The second kappa shape index (κ2) is 11.6. The van der Waals surface area contributed by atoms with Crippen LogP contribution in [0.3, 0.4) is 0 Å². The summed E-state index contributed by atoms with van der Waals surface area (Å²) in [4.78, 5) is 6.95. The highest BCUT2D eigenvalue weighted by Crippen LogP contribution is 2.26. The van der Waals surface area contributed by atoms with E-state index in [9.17, 15) is 0 Å². The predicted octanol–water partition coefficient (Wildman–Crippen LogP) is 3.38. The normalized spacial score (nSPS) is 16.8. The topological polar surface area (TPSA) is 58.1 Å². The number of nitrogens with one attached hydrogen (secondary N) is 2. The summed E-state index contributed by atoms with van der Waals surface area (Å²) in [6.45, 7) is 3.69. The number of likely N-dealkylation sites (tertiary alicyclic amines) is 1. The summed E-state index contributed by atoms with van der Waals surface area (Å²) in [5.74, 6) is 1.67. The largest absolute Gasteiger partial charge is 0.497 e. The highest BCUT2D eigenvalue weighted by molar-refractivity contribution is 5.79. The summed E-state index contributed by atoms with van der Waals surface area (Å²) in [5, 5.41) is 6.92. The first kappa shape index (κ1) is 22.1. The van der Waals surface area contributed by atoms with E-state index in [2.05, 4.69) is 44.8 Å². The summed E-state index contributed by atoms with van der Waals surface area (Å²) in [7, 11) is 5.24. The Morgan fingerprint density at radius 2 is 1.60 bits per heavy atom. The molecular weight excluding hydrogens is 376 g/mol. The maximum atomic E-state index is 5.66. The number of ether oxygens (including phenoxy) is 2. The smallest absolute Gasteiger partial charge is 0.191 e. The maximum absolute atomic E-state index is 5.66. The number of nitrogens with zero attached hydrogens (tertiary/aromatic N) is 2. The standard InChI is InChI=1S/C24H34N4O2/c1-25-24(27-18-23(30-3)20-9-5-4-6-10-20)26-17-22(28-15-7-8-16-28)19-11-13-21(29-2)14-12-19/h4-6,9-14,22-23H,7-8,15-18H2,1-3H3,(H2,25,26,27). The molecule has 3 rings (SSSR count). The minimum Gasteiger partial charge on any atom is -0.497 e. The fourth-order valence-electron chi connectivity index (χ4n) is 3.95. The molecule has 1 fully saturated rings. The molecule has 0 aromatic heterocycles. The summed E-state index contributed by atoms with van der Waals surface area (Å²) < 4.78 is 11.0. The van der Waals surface area contributed by atoms with Crippen molar-refractivity contribution in [2.24, 2.45) is 4.99 Å². The van der Waals surface area contributed by atoms with E-state index in [1.165, 1.54) is 18.4 Å². The van der Waals surface area contributed by atoms with Gasteiger partial charge in [-0.2, -0.15) is 0 Å².